The van der Waals surface area contributed by atoms with Gasteiger partial charge in [-0.1, -0.05) is 0 Å². The van der Waals surface area contributed by atoms with Crippen LogP contribution in [0.1, 0.15) is 0 Å². The fourth-order valence-corrected chi connectivity index (χ4v) is 1.11. The third kappa shape index (κ3) is 2.14. The Morgan fingerprint density at radius 2 is 1.29 bits per heavy atom. The number of hydrogen-bond donors (Lipinski definition) is 0. The molecule has 14 heavy (non-hydrogen) atoms. The minimum absolute atomic E-state index is 0. The van der Waals surface area contributed by atoms with Crippen LogP contribution in [0.5, 0.6) is 5.75 Å². The van der Waals surface area contributed by atoms with Gasteiger partial charge in [0.05, 0.1) is 11.6 Å². The molecule has 0 aliphatic rings. The van der Waals surface area contributed by atoms with Crippen LogP contribution >= 0.6 is 15.9 Å². The van der Waals surface area contributed by atoms with E-state index in [1.807, 2.05) is 0 Å². The lowest BCUT2D eigenvalue weighted by Gasteiger charge is -2.06. The molecular weight excluding hydrogens is 280 g/mol. The molecule has 1 aromatic rings. The van der Waals surface area contributed by atoms with Gasteiger partial charge in [0.25, 0.3) is 0 Å². The summed E-state index contributed by atoms with van der Waals surface area (Å²) < 4.78 is 54.2. The molecule has 1 rings (SSSR count). The Bertz CT molecular complexity index is 329. The van der Waals surface area contributed by atoms with E-state index in [0.717, 1.165) is 7.11 Å². The molecule has 0 bridgehead atoms. The summed E-state index contributed by atoms with van der Waals surface area (Å²) in [7, 11) is 0.911. The van der Waals surface area contributed by atoms with Crippen LogP contribution in [0.25, 0.3) is 0 Å². The van der Waals surface area contributed by atoms with Crippen LogP contribution < -0.4 is 4.74 Å². The van der Waals surface area contributed by atoms with E-state index in [0.29, 0.717) is 0 Å². The van der Waals surface area contributed by atoms with Crippen LogP contribution in [-0.4, -0.2) is 30.2 Å². The average Bonchev–Trinajstić information content (AvgIpc) is 2.13. The second-order valence-corrected chi connectivity index (χ2v) is 2.90. The van der Waals surface area contributed by atoms with Gasteiger partial charge in [-0.25, -0.2) is 8.78 Å². The topological polar surface area (TPSA) is 9.23 Å². The highest BCUT2D eigenvalue weighted by atomic mass is 79.9. The summed E-state index contributed by atoms with van der Waals surface area (Å²) in [6, 6.07) is 0. The molecule has 0 aliphatic heterocycles. The lowest BCUT2D eigenvalue weighted by molar-refractivity contribution is 0.330. The first-order valence-electron chi connectivity index (χ1n) is 3.06. The Morgan fingerprint density at radius 1 is 0.929 bits per heavy atom. The van der Waals surface area contributed by atoms with Crippen molar-refractivity contribution in [2.75, 3.05) is 7.11 Å². The molecule has 76 valence electrons. The number of halogens is 5. The highest BCUT2D eigenvalue weighted by Gasteiger charge is 2.24. The molecule has 0 amide bonds. The molecule has 0 heterocycles. The number of ether oxygens (including phenoxy) is 1. The van der Waals surface area contributed by atoms with Gasteiger partial charge in [0, 0.05) is 0 Å². The minimum atomic E-state index is -1.56. The Morgan fingerprint density at radius 3 is 1.57 bits per heavy atom. The summed E-state index contributed by atoms with van der Waals surface area (Å²) in [5, 5.41) is 0. The number of benzene rings is 1. The van der Waals surface area contributed by atoms with E-state index in [2.05, 4.69) is 20.7 Å². The van der Waals surface area contributed by atoms with E-state index in [-0.39, 0.29) is 23.1 Å². The maximum absolute atomic E-state index is 12.8. The average molecular weight is 285 g/mol. The highest BCUT2D eigenvalue weighted by molar-refractivity contribution is 9.10. The van der Waals surface area contributed by atoms with Crippen molar-refractivity contribution in [1.29, 1.82) is 0 Å². The van der Waals surface area contributed by atoms with Crippen LogP contribution in [0.4, 0.5) is 17.6 Å². The Hall–Kier alpha value is -0.0138. The van der Waals surface area contributed by atoms with Crippen LogP contribution in [0, 0.1) is 23.3 Å². The second-order valence-electron chi connectivity index (χ2n) is 2.10. The Balaban J connectivity index is 0.00000169. The number of rotatable bonds is 1. The molecule has 0 atom stereocenters. The van der Waals surface area contributed by atoms with Crippen molar-refractivity contribution < 1.29 is 22.3 Å². The van der Waals surface area contributed by atoms with Crippen molar-refractivity contribution in [2.45, 2.75) is 0 Å². The summed E-state index contributed by atoms with van der Waals surface area (Å²) in [6.45, 7) is 0. The molecule has 0 spiro atoms. The normalized spacial score (nSPS) is 9.57. The van der Waals surface area contributed by atoms with Crippen LogP contribution in [0.3, 0.4) is 0 Å². The van der Waals surface area contributed by atoms with Crippen LogP contribution in [0.2, 0.25) is 0 Å². The molecule has 0 fully saturated rings. The molecule has 1 nitrogen and oxygen atoms in total. The standard InChI is InChI=1S/C7H3BrF4O.Mg.2H/c1-13-7-5(11)3(9)2(8)4(10)6(7)12;;;/h1H3;;;. The van der Waals surface area contributed by atoms with E-state index < -0.39 is 33.5 Å². The van der Waals surface area contributed by atoms with Crippen molar-refractivity contribution in [1.82, 2.24) is 0 Å². The van der Waals surface area contributed by atoms with Crippen molar-refractivity contribution in [3.63, 3.8) is 0 Å². The van der Waals surface area contributed by atoms with Gasteiger partial charge >= 0.3 is 23.1 Å². The fraction of sp³-hybridized carbons (Fsp3) is 0.143. The monoisotopic (exact) mass is 284 g/mol. The molecule has 0 aliphatic carbocycles. The predicted octanol–water partition coefficient (Wildman–Crippen LogP) is 2.10. The van der Waals surface area contributed by atoms with E-state index in [9.17, 15) is 17.6 Å². The van der Waals surface area contributed by atoms with E-state index in [4.69, 9.17) is 0 Å². The van der Waals surface area contributed by atoms with E-state index >= 15 is 0 Å². The Kier molecular flexibility index (Phi) is 5.17. The zero-order chi connectivity index (χ0) is 10.2. The van der Waals surface area contributed by atoms with Crippen molar-refractivity contribution >= 4 is 39.0 Å². The van der Waals surface area contributed by atoms with Gasteiger partial charge < -0.3 is 4.74 Å². The molecule has 0 N–H and O–H groups in total. The molecule has 7 heteroatoms. The van der Waals surface area contributed by atoms with Gasteiger partial charge in [-0.15, -0.1) is 0 Å². The fourth-order valence-electron chi connectivity index (χ4n) is 0.764. The molecule has 0 saturated carbocycles. The first-order chi connectivity index (χ1) is 6.00. The molecule has 1 aromatic carbocycles. The number of methoxy groups -OCH3 is 1. The summed E-state index contributed by atoms with van der Waals surface area (Å²) in [6.07, 6.45) is 0. The minimum Gasteiger partial charge on any atom is -0.491 e. The lowest BCUT2D eigenvalue weighted by atomic mass is 10.3. The SMILES string of the molecule is COc1c(F)c(F)c(Br)c(F)c1F.[MgH2]. The van der Waals surface area contributed by atoms with Crippen molar-refractivity contribution in [3.05, 3.63) is 27.7 Å². The van der Waals surface area contributed by atoms with Crippen molar-refractivity contribution in [3.8, 4) is 5.75 Å². The summed E-state index contributed by atoms with van der Waals surface area (Å²) in [5.74, 6) is -7.23. The molecule has 0 unspecified atom stereocenters. The molecule has 0 aromatic heterocycles. The lowest BCUT2D eigenvalue weighted by Crippen LogP contribution is -2.01. The maximum atomic E-state index is 12.8. The molecular formula is C7H5BrF4MgO. The quantitative estimate of drug-likeness (QED) is 0.332. The van der Waals surface area contributed by atoms with Crippen LogP contribution in [0.15, 0.2) is 4.47 Å². The summed E-state index contributed by atoms with van der Waals surface area (Å²) in [4.78, 5) is 0. The predicted molar refractivity (Wildman–Crippen MR) is 49.1 cm³/mol. The number of hydrogen-bond acceptors (Lipinski definition) is 1. The first-order valence-corrected chi connectivity index (χ1v) is 3.85. The zero-order valence-electron chi connectivity index (χ0n) is 6.30. The van der Waals surface area contributed by atoms with Gasteiger partial charge in [-0.05, 0) is 15.9 Å². The second kappa shape index (κ2) is 5.18. The third-order valence-electron chi connectivity index (χ3n) is 1.37. The zero-order valence-corrected chi connectivity index (χ0v) is 7.88. The largest absolute Gasteiger partial charge is 0.491 e. The van der Waals surface area contributed by atoms with Gasteiger partial charge in [0.2, 0.25) is 11.6 Å². The van der Waals surface area contributed by atoms with E-state index in [1.54, 1.807) is 0 Å². The highest BCUT2D eigenvalue weighted by Crippen LogP contribution is 2.32. The smallest absolute Gasteiger partial charge is 0.316 e. The van der Waals surface area contributed by atoms with E-state index in [1.165, 1.54) is 0 Å². The van der Waals surface area contributed by atoms with Crippen LogP contribution in [-0.2, 0) is 0 Å². The molecule has 0 saturated heterocycles. The first kappa shape index (κ1) is 14.0. The Labute approximate surface area is 102 Å². The van der Waals surface area contributed by atoms with Gasteiger partial charge in [0.15, 0.2) is 17.4 Å². The third-order valence-corrected chi connectivity index (χ3v) is 2.07. The van der Waals surface area contributed by atoms with Gasteiger partial charge in [-0.2, -0.15) is 8.78 Å². The summed E-state index contributed by atoms with van der Waals surface area (Å²) >= 11 is 2.36. The van der Waals surface area contributed by atoms with Crippen molar-refractivity contribution in [2.24, 2.45) is 0 Å². The van der Waals surface area contributed by atoms with Gasteiger partial charge in [0.1, 0.15) is 0 Å². The maximum Gasteiger partial charge on any atom is 0.316 e. The van der Waals surface area contributed by atoms with Gasteiger partial charge in [-0.3, -0.25) is 0 Å². The molecule has 0 radical (unpaired) electrons. The summed E-state index contributed by atoms with van der Waals surface area (Å²) in [5.41, 5.74) is 0.